The highest BCUT2D eigenvalue weighted by molar-refractivity contribution is 6.01. The first-order chi connectivity index (χ1) is 10.6. The molecule has 4 heteroatoms. The van der Waals surface area contributed by atoms with Crippen molar-refractivity contribution in [3.63, 3.8) is 0 Å². The van der Waals surface area contributed by atoms with Crippen molar-refractivity contribution in [1.82, 2.24) is 10.3 Å². The molecule has 126 valence electrons. The molecule has 1 atom stereocenters. The Morgan fingerprint density at radius 1 is 1.27 bits per heavy atom. The molecule has 0 saturated carbocycles. The Hall–Kier alpha value is -1.68. The van der Waals surface area contributed by atoms with E-state index in [-0.39, 0.29) is 5.92 Å². The smallest absolute Gasteiger partial charge is 0.107 e. The fourth-order valence-electron chi connectivity index (χ4n) is 1.56. The quantitative estimate of drug-likeness (QED) is 0.400. The fraction of sp³-hybridized carbons (Fsp3) is 0.556. The van der Waals surface area contributed by atoms with Gasteiger partial charge in [0.1, 0.15) is 5.69 Å². The maximum Gasteiger partial charge on any atom is 0.107 e. The van der Waals surface area contributed by atoms with Gasteiger partial charge in [0.15, 0.2) is 0 Å². The number of pyridine rings is 1. The summed E-state index contributed by atoms with van der Waals surface area (Å²) in [5.41, 5.74) is 7.45. The summed E-state index contributed by atoms with van der Waals surface area (Å²) in [5, 5.41) is 11.1. The van der Waals surface area contributed by atoms with Gasteiger partial charge in [-0.05, 0) is 50.4 Å². The lowest BCUT2D eigenvalue weighted by atomic mass is 9.99. The number of rotatable bonds is 7. The van der Waals surface area contributed by atoms with Crippen LogP contribution in [0.2, 0.25) is 0 Å². The number of hydrogen-bond donors (Lipinski definition) is 3. The van der Waals surface area contributed by atoms with E-state index in [1.807, 2.05) is 6.92 Å². The third kappa shape index (κ3) is 10.1. The monoisotopic (exact) mass is 306 g/mol. The highest BCUT2D eigenvalue weighted by Gasteiger charge is 2.12. The highest BCUT2D eigenvalue weighted by Crippen LogP contribution is 2.14. The van der Waals surface area contributed by atoms with Crippen molar-refractivity contribution in [2.75, 3.05) is 18.8 Å². The highest BCUT2D eigenvalue weighted by atomic mass is 14.8. The molecule has 0 saturated heterocycles. The van der Waals surface area contributed by atoms with E-state index < -0.39 is 0 Å². The Morgan fingerprint density at radius 2 is 1.82 bits per heavy atom. The second kappa shape index (κ2) is 15.7. The van der Waals surface area contributed by atoms with Crippen LogP contribution in [0, 0.1) is 11.3 Å². The minimum absolute atomic E-state index is 0.220. The maximum atomic E-state index is 7.83. The number of nitrogens with two attached hydrogens (primary N) is 1. The summed E-state index contributed by atoms with van der Waals surface area (Å²) in [7, 11) is 0. The molecule has 1 aromatic rings. The van der Waals surface area contributed by atoms with Gasteiger partial charge in [0, 0.05) is 6.20 Å². The van der Waals surface area contributed by atoms with Crippen molar-refractivity contribution >= 4 is 11.4 Å². The summed E-state index contributed by atoms with van der Waals surface area (Å²) >= 11 is 0. The van der Waals surface area contributed by atoms with E-state index in [0.29, 0.717) is 17.1 Å². The summed E-state index contributed by atoms with van der Waals surface area (Å²) < 4.78 is 0. The first-order valence-electron chi connectivity index (χ1n) is 8.08. The molecule has 1 unspecified atom stereocenters. The number of nitrogens with zero attached hydrogens (tertiary/aromatic N) is 1. The summed E-state index contributed by atoms with van der Waals surface area (Å²) in [4.78, 5) is 4.10. The molecule has 0 amide bonds. The van der Waals surface area contributed by atoms with Gasteiger partial charge in [-0.3, -0.25) is 4.98 Å². The Kier molecular flexibility index (Phi) is 16.1. The Bertz CT molecular complexity index is 386. The molecular weight excluding hydrogens is 272 g/mol. The molecule has 0 aromatic carbocycles. The van der Waals surface area contributed by atoms with E-state index in [1.165, 1.54) is 25.9 Å². The van der Waals surface area contributed by atoms with Crippen molar-refractivity contribution in [2.45, 2.75) is 47.0 Å². The molecule has 4 nitrogen and oxygen atoms in total. The van der Waals surface area contributed by atoms with Crippen LogP contribution in [0.5, 0.6) is 0 Å². The number of nitrogen functional groups attached to an aromatic ring is 1. The van der Waals surface area contributed by atoms with E-state index in [9.17, 15) is 0 Å². The predicted octanol–water partition coefficient (Wildman–Crippen LogP) is 4.28. The Balaban J connectivity index is 0. The summed E-state index contributed by atoms with van der Waals surface area (Å²) in [6.45, 7) is 16.8. The van der Waals surface area contributed by atoms with E-state index in [0.717, 1.165) is 6.42 Å². The molecular formula is C18H34N4. The van der Waals surface area contributed by atoms with Gasteiger partial charge in [-0.2, -0.15) is 0 Å². The first kappa shape index (κ1) is 22.6. The van der Waals surface area contributed by atoms with Crippen molar-refractivity contribution in [3.05, 3.63) is 37.2 Å². The zero-order valence-corrected chi connectivity index (χ0v) is 14.8. The van der Waals surface area contributed by atoms with E-state index in [1.54, 1.807) is 18.3 Å². The molecule has 0 spiro atoms. The third-order valence-electron chi connectivity index (χ3n) is 3.05. The fourth-order valence-corrected chi connectivity index (χ4v) is 1.56. The SMILES string of the molecule is C=C.CCC(C)C(=N)c1ncccc1N.CCCNCCC. The standard InChI is InChI=1S/C10H15N3.C6H15N.C2H4/c1-3-7(2)9(12)10-8(11)5-4-6-13-10;1-3-5-7-6-4-2;1-2/h4-7,12H,3,11H2,1-2H3;7H,3-6H2,1-2H3;1-2H2. The van der Waals surface area contributed by atoms with Crippen LogP contribution < -0.4 is 11.1 Å². The first-order valence-corrected chi connectivity index (χ1v) is 8.08. The Labute approximate surface area is 136 Å². The predicted molar refractivity (Wildman–Crippen MR) is 99.6 cm³/mol. The van der Waals surface area contributed by atoms with Gasteiger partial charge in [0.2, 0.25) is 0 Å². The molecule has 0 fully saturated rings. The lowest BCUT2D eigenvalue weighted by Gasteiger charge is -2.11. The number of hydrogen-bond acceptors (Lipinski definition) is 4. The summed E-state index contributed by atoms with van der Waals surface area (Å²) in [6, 6.07) is 3.56. The number of anilines is 1. The average molecular weight is 306 g/mol. The van der Waals surface area contributed by atoms with E-state index in [4.69, 9.17) is 11.1 Å². The minimum atomic E-state index is 0.220. The molecule has 0 radical (unpaired) electrons. The normalized spacial score (nSPS) is 10.5. The molecule has 0 aliphatic heterocycles. The van der Waals surface area contributed by atoms with Crippen molar-refractivity contribution in [3.8, 4) is 0 Å². The van der Waals surface area contributed by atoms with Gasteiger partial charge in [-0.1, -0.05) is 27.7 Å². The molecule has 0 aliphatic carbocycles. The van der Waals surface area contributed by atoms with Crippen LogP contribution in [-0.2, 0) is 0 Å². The molecule has 22 heavy (non-hydrogen) atoms. The zero-order chi connectivity index (χ0) is 17.4. The van der Waals surface area contributed by atoms with Crippen molar-refractivity contribution < 1.29 is 0 Å². The molecule has 1 rings (SSSR count). The molecule has 0 aliphatic rings. The van der Waals surface area contributed by atoms with Gasteiger partial charge in [-0.25, -0.2) is 0 Å². The van der Waals surface area contributed by atoms with Crippen LogP contribution in [0.25, 0.3) is 0 Å². The third-order valence-corrected chi connectivity index (χ3v) is 3.05. The lowest BCUT2D eigenvalue weighted by Crippen LogP contribution is -2.14. The summed E-state index contributed by atoms with van der Waals surface area (Å²) in [6.07, 6.45) is 5.11. The van der Waals surface area contributed by atoms with Crippen LogP contribution >= 0.6 is 0 Å². The second-order valence-corrected chi connectivity index (χ2v) is 4.91. The summed E-state index contributed by atoms with van der Waals surface area (Å²) in [5.74, 6) is 0.220. The molecule has 1 aromatic heterocycles. The van der Waals surface area contributed by atoms with Gasteiger partial charge in [0.05, 0.1) is 11.4 Å². The van der Waals surface area contributed by atoms with Gasteiger partial charge in [0.25, 0.3) is 0 Å². The van der Waals surface area contributed by atoms with Crippen LogP contribution in [0.15, 0.2) is 31.5 Å². The van der Waals surface area contributed by atoms with Gasteiger partial charge in [-0.15, -0.1) is 13.2 Å². The second-order valence-electron chi connectivity index (χ2n) is 4.91. The van der Waals surface area contributed by atoms with E-state index >= 15 is 0 Å². The minimum Gasteiger partial charge on any atom is -0.397 e. The van der Waals surface area contributed by atoms with Crippen molar-refractivity contribution in [2.24, 2.45) is 5.92 Å². The maximum absolute atomic E-state index is 7.83. The van der Waals surface area contributed by atoms with Crippen molar-refractivity contribution in [1.29, 1.82) is 5.41 Å². The van der Waals surface area contributed by atoms with E-state index in [2.05, 4.69) is 44.2 Å². The Morgan fingerprint density at radius 3 is 2.23 bits per heavy atom. The molecule has 1 heterocycles. The number of nitrogens with one attached hydrogen (secondary N) is 2. The largest absolute Gasteiger partial charge is 0.397 e. The van der Waals surface area contributed by atoms with Gasteiger partial charge < -0.3 is 16.5 Å². The molecule has 4 N–H and O–H groups in total. The molecule has 0 bridgehead atoms. The van der Waals surface area contributed by atoms with Crippen LogP contribution in [0.4, 0.5) is 5.69 Å². The topological polar surface area (TPSA) is 74.8 Å². The number of aromatic nitrogens is 1. The zero-order valence-electron chi connectivity index (χ0n) is 14.8. The van der Waals surface area contributed by atoms with Gasteiger partial charge >= 0.3 is 0 Å². The lowest BCUT2D eigenvalue weighted by molar-refractivity contribution is 0.662. The van der Waals surface area contributed by atoms with Crippen LogP contribution in [0.3, 0.4) is 0 Å². The van der Waals surface area contributed by atoms with Crippen LogP contribution in [0.1, 0.15) is 52.7 Å². The average Bonchev–Trinajstić information content (AvgIpc) is 2.57. The van der Waals surface area contributed by atoms with Crippen LogP contribution in [-0.4, -0.2) is 23.8 Å².